The number of amidine groups is 1. The fraction of sp³-hybridized carbons (Fsp3) is 0.304. The number of nitrogens with zero attached hydrogens (tertiary/aromatic N) is 3. The second-order valence-electron chi connectivity index (χ2n) is 7.56. The van der Waals surface area contributed by atoms with E-state index in [-0.39, 0.29) is 5.84 Å². The molecule has 0 spiro atoms. The third-order valence-corrected chi connectivity index (χ3v) is 6.90. The van der Waals surface area contributed by atoms with Crippen molar-refractivity contribution in [2.24, 2.45) is 22.1 Å². The number of hydrogen-bond acceptors (Lipinski definition) is 4. The quantitative estimate of drug-likeness (QED) is 0.175. The first-order chi connectivity index (χ1) is 14.7. The summed E-state index contributed by atoms with van der Waals surface area (Å²) in [6, 6.07) is 14.4. The van der Waals surface area contributed by atoms with Crippen molar-refractivity contribution in [3.05, 3.63) is 70.3 Å². The largest absolute Gasteiger partial charge is 0.305 e. The molecular formula is C23H25N5OS. The highest BCUT2D eigenvalue weighted by Crippen LogP contribution is 2.48. The van der Waals surface area contributed by atoms with Gasteiger partial charge in [-0.15, -0.1) is 16.9 Å². The molecule has 154 valence electrons. The fourth-order valence-electron chi connectivity index (χ4n) is 4.08. The van der Waals surface area contributed by atoms with Crippen LogP contribution in [-0.2, 0) is 11.2 Å². The Morgan fingerprint density at radius 1 is 1.27 bits per heavy atom. The van der Waals surface area contributed by atoms with Crippen LogP contribution in [0.3, 0.4) is 0 Å². The van der Waals surface area contributed by atoms with Crippen molar-refractivity contribution < 1.29 is 4.79 Å². The van der Waals surface area contributed by atoms with Gasteiger partial charge in [-0.2, -0.15) is 0 Å². The van der Waals surface area contributed by atoms with Gasteiger partial charge in [-0.1, -0.05) is 53.8 Å². The summed E-state index contributed by atoms with van der Waals surface area (Å²) >= 11 is 1.62. The lowest BCUT2D eigenvalue weighted by Crippen LogP contribution is -2.35. The summed E-state index contributed by atoms with van der Waals surface area (Å²) in [7, 11) is 0. The van der Waals surface area contributed by atoms with Crippen molar-refractivity contribution in [3.63, 3.8) is 0 Å². The lowest BCUT2D eigenvalue weighted by molar-refractivity contribution is -0.116. The van der Waals surface area contributed by atoms with E-state index in [1.165, 1.54) is 27.5 Å². The van der Waals surface area contributed by atoms with E-state index >= 15 is 0 Å². The summed E-state index contributed by atoms with van der Waals surface area (Å²) in [5.74, 6) is 6.18. The number of carbonyl (C=O) groups excluding carboxylic acids is 1. The predicted molar refractivity (Wildman–Crippen MR) is 122 cm³/mol. The monoisotopic (exact) mass is 419 g/mol. The molecule has 6 nitrogen and oxygen atoms in total. The maximum Gasteiger partial charge on any atom is 0.215 e. The molecule has 1 aliphatic carbocycles. The molecule has 2 fully saturated rings. The van der Waals surface area contributed by atoms with Crippen LogP contribution >= 0.6 is 11.8 Å². The molecule has 1 heterocycles. The Hall–Kier alpha value is -2.93. The summed E-state index contributed by atoms with van der Waals surface area (Å²) in [5.41, 5.74) is 3.76. The van der Waals surface area contributed by atoms with Gasteiger partial charge in [0.15, 0.2) is 5.84 Å². The van der Waals surface area contributed by atoms with E-state index < -0.39 is 6.04 Å². The Labute approximate surface area is 180 Å². The fourth-order valence-corrected chi connectivity index (χ4v) is 5.49. The summed E-state index contributed by atoms with van der Waals surface area (Å²) in [6.07, 6.45) is 6.05. The number of fused-ring (bicyclic) bond motifs is 1. The van der Waals surface area contributed by atoms with Crippen LogP contribution in [0.25, 0.3) is 10.8 Å². The lowest BCUT2D eigenvalue weighted by atomic mass is 9.92. The lowest BCUT2D eigenvalue weighted by Gasteiger charge is -2.23. The molecular weight excluding hydrogens is 394 g/mol. The molecule has 2 aliphatic rings. The molecule has 2 aromatic rings. The summed E-state index contributed by atoms with van der Waals surface area (Å²) < 4.78 is 0. The topological polar surface area (TPSA) is 94.9 Å². The highest BCUT2D eigenvalue weighted by atomic mass is 32.2. The van der Waals surface area contributed by atoms with E-state index in [9.17, 15) is 4.79 Å². The number of hydrogen-bond donors (Lipinski definition) is 2. The zero-order valence-electron chi connectivity index (χ0n) is 16.9. The second-order valence-corrected chi connectivity index (χ2v) is 8.57. The number of rotatable bonds is 6. The zero-order valence-corrected chi connectivity index (χ0v) is 17.7. The molecule has 1 saturated heterocycles. The molecule has 4 rings (SSSR count). The van der Waals surface area contributed by atoms with Gasteiger partial charge in [0.2, 0.25) is 6.41 Å². The van der Waals surface area contributed by atoms with Crippen molar-refractivity contribution >= 4 is 34.8 Å². The van der Waals surface area contributed by atoms with Crippen LogP contribution in [0.15, 0.2) is 75.1 Å². The van der Waals surface area contributed by atoms with Crippen LogP contribution in [0, 0.1) is 11.3 Å². The van der Waals surface area contributed by atoms with Gasteiger partial charge in [0.05, 0.1) is 5.03 Å². The molecule has 1 saturated carbocycles. The highest BCUT2D eigenvalue weighted by molar-refractivity contribution is 8.03. The number of nitrogens with two attached hydrogens (primary N) is 1. The van der Waals surface area contributed by atoms with Gasteiger partial charge in [-0.05, 0) is 59.6 Å². The number of allylic oxidation sites excluding steroid dienone is 3. The van der Waals surface area contributed by atoms with Crippen LogP contribution in [-0.4, -0.2) is 28.9 Å². The van der Waals surface area contributed by atoms with Gasteiger partial charge >= 0.3 is 0 Å². The van der Waals surface area contributed by atoms with E-state index in [1.54, 1.807) is 16.7 Å². The summed E-state index contributed by atoms with van der Waals surface area (Å²) in [6.45, 7) is 2.07. The molecule has 0 bridgehead atoms. The SMILES string of the molecule is C/C=C(Cc1cccc2ccccc12)\C(=C1\SCC(C(=N)N=NN)N1C=O)C1CC1. The normalized spacial score (nSPS) is 21.4. The average Bonchev–Trinajstić information content (AvgIpc) is 3.51. The van der Waals surface area contributed by atoms with Crippen LogP contribution in [0.2, 0.25) is 0 Å². The van der Waals surface area contributed by atoms with Crippen LogP contribution in [0.4, 0.5) is 0 Å². The summed E-state index contributed by atoms with van der Waals surface area (Å²) in [5, 5.41) is 18.4. The second kappa shape index (κ2) is 8.83. The third kappa shape index (κ3) is 3.89. The molecule has 1 unspecified atom stereocenters. The van der Waals surface area contributed by atoms with Crippen molar-refractivity contribution in [3.8, 4) is 0 Å². The first-order valence-corrected chi connectivity index (χ1v) is 11.1. The molecule has 0 radical (unpaired) electrons. The molecule has 1 amide bonds. The zero-order chi connectivity index (χ0) is 21.1. The minimum atomic E-state index is -0.431. The van der Waals surface area contributed by atoms with Crippen molar-refractivity contribution in [1.29, 1.82) is 5.41 Å². The molecule has 2 aromatic carbocycles. The number of carbonyl (C=O) groups is 1. The molecule has 3 N–H and O–H groups in total. The third-order valence-electron chi connectivity index (χ3n) is 5.71. The van der Waals surface area contributed by atoms with Gasteiger partial charge in [-0.25, -0.2) is 0 Å². The smallest absolute Gasteiger partial charge is 0.215 e. The van der Waals surface area contributed by atoms with E-state index in [1.807, 2.05) is 0 Å². The molecule has 30 heavy (non-hydrogen) atoms. The maximum absolute atomic E-state index is 12.0. The van der Waals surface area contributed by atoms with E-state index in [0.29, 0.717) is 11.7 Å². The van der Waals surface area contributed by atoms with Gasteiger partial charge in [0.1, 0.15) is 6.04 Å². The van der Waals surface area contributed by atoms with Crippen molar-refractivity contribution in [2.75, 3.05) is 5.75 Å². The Bertz CT molecular complexity index is 1060. The predicted octanol–water partition coefficient (Wildman–Crippen LogP) is 4.83. The standard InChI is InChI=1S/C23H25N5OS/c1-2-15(12-18-8-5-7-16-6-3-4-9-19(16)18)21(17-10-11-17)23-28(14-29)20(13-30-23)22(24)26-27-25/h2-9,14,17,20H,10-13H2,1H3,(H3,24,25,26)/b15-2-,23-21-. The number of nitrogens with one attached hydrogen (secondary N) is 1. The summed E-state index contributed by atoms with van der Waals surface area (Å²) in [4.78, 5) is 13.6. The maximum atomic E-state index is 12.0. The first-order valence-electron chi connectivity index (χ1n) is 10.1. The molecule has 1 aliphatic heterocycles. The van der Waals surface area contributed by atoms with Crippen LogP contribution in [0.5, 0.6) is 0 Å². The number of amides is 1. The van der Waals surface area contributed by atoms with Gasteiger partial charge in [0, 0.05) is 5.75 Å². The Kier molecular flexibility index (Phi) is 5.99. The Morgan fingerprint density at radius 2 is 2.03 bits per heavy atom. The average molecular weight is 420 g/mol. The molecule has 7 heteroatoms. The molecule has 0 aromatic heterocycles. The van der Waals surface area contributed by atoms with Crippen molar-refractivity contribution in [1.82, 2.24) is 4.90 Å². The highest BCUT2D eigenvalue weighted by Gasteiger charge is 2.39. The van der Waals surface area contributed by atoms with E-state index in [2.05, 4.69) is 65.8 Å². The Morgan fingerprint density at radius 3 is 2.73 bits per heavy atom. The first kappa shape index (κ1) is 20.3. The van der Waals surface area contributed by atoms with E-state index in [4.69, 9.17) is 11.3 Å². The van der Waals surface area contributed by atoms with Gasteiger partial charge < -0.3 is 5.84 Å². The number of benzene rings is 2. The van der Waals surface area contributed by atoms with Gasteiger partial charge in [-0.3, -0.25) is 15.1 Å². The minimum Gasteiger partial charge on any atom is -0.305 e. The van der Waals surface area contributed by atoms with Gasteiger partial charge in [0.25, 0.3) is 0 Å². The van der Waals surface area contributed by atoms with Crippen LogP contribution < -0.4 is 5.84 Å². The molecule has 1 atom stereocenters. The number of thioether (sulfide) groups is 1. The Balaban J connectivity index is 1.73. The van der Waals surface area contributed by atoms with Crippen molar-refractivity contribution in [2.45, 2.75) is 32.2 Å². The van der Waals surface area contributed by atoms with E-state index in [0.717, 1.165) is 30.7 Å². The van der Waals surface area contributed by atoms with Crippen LogP contribution in [0.1, 0.15) is 25.3 Å². The minimum absolute atomic E-state index is 0.0123.